The zero-order valence-corrected chi connectivity index (χ0v) is 22.7. The number of carbonyl (C=O) groups is 2. The molecule has 6 rings (SSSR count). The minimum atomic E-state index is -4.72. The van der Waals surface area contributed by atoms with Gasteiger partial charge in [-0.3, -0.25) is 4.79 Å². The standard InChI is InChI=1S/C30H32F4N2O5/c1-27(2)39-16-29(41-27,30(32,33)34)19-5-3-17(4-6-19)25(37)36(21-11-12-21)22-13-14-28(18-7-9-20(31)10-8-18)23(15-22)24(28)40-26(35)38/h3-10,21-24H,11-16H2,1-2H3,(H2,35,38)/t22-,23?,24?,28-,29?/m0/s1. The van der Waals surface area contributed by atoms with E-state index in [1.165, 1.54) is 50.2 Å². The molecule has 2 aromatic carbocycles. The largest absolute Gasteiger partial charge is 0.445 e. The molecule has 0 radical (unpaired) electrons. The third-order valence-electron chi connectivity index (χ3n) is 9.14. The summed E-state index contributed by atoms with van der Waals surface area (Å²) in [6.07, 6.45) is -2.59. The number of amides is 2. The van der Waals surface area contributed by atoms with Gasteiger partial charge in [-0.25, -0.2) is 9.18 Å². The van der Waals surface area contributed by atoms with Gasteiger partial charge in [-0.05, 0) is 81.3 Å². The molecule has 1 saturated heterocycles. The Bertz CT molecular complexity index is 1340. The molecule has 0 spiro atoms. The van der Waals surface area contributed by atoms with Gasteiger partial charge < -0.3 is 24.8 Å². The van der Waals surface area contributed by atoms with Gasteiger partial charge in [0.1, 0.15) is 11.9 Å². The molecule has 11 heteroatoms. The molecule has 5 atom stereocenters. The van der Waals surface area contributed by atoms with Crippen molar-refractivity contribution in [2.45, 2.75) is 87.1 Å². The molecule has 2 N–H and O–H groups in total. The molecule has 1 aliphatic heterocycles. The zero-order chi connectivity index (χ0) is 29.4. The quantitative estimate of drug-likeness (QED) is 0.455. The summed E-state index contributed by atoms with van der Waals surface area (Å²) >= 11 is 0. The van der Waals surface area contributed by atoms with E-state index in [2.05, 4.69) is 0 Å². The molecule has 0 aromatic heterocycles. The van der Waals surface area contributed by atoms with Gasteiger partial charge in [0.25, 0.3) is 5.91 Å². The molecule has 4 fully saturated rings. The van der Waals surface area contributed by atoms with Crippen LogP contribution in [0, 0.1) is 11.7 Å². The summed E-state index contributed by atoms with van der Waals surface area (Å²) in [6.45, 7) is 2.18. The second kappa shape index (κ2) is 9.42. The molecular weight excluding hydrogens is 544 g/mol. The Balaban J connectivity index is 1.23. The first-order valence-electron chi connectivity index (χ1n) is 13.8. The van der Waals surface area contributed by atoms with Crippen molar-refractivity contribution in [2.75, 3.05) is 6.61 Å². The Morgan fingerprint density at radius 3 is 2.15 bits per heavy atom. The van der Waals surface area contributed by atoms with Crippen molar-refractivity contribution in [1.82, 2.24) is 4.90 Å². The predicted octanol–water partition coefficient (Wildman–Crippen LogP) is 5.56. The molecule has 2 aromatic rings. The predicted molar refractivity (Wildman–Crippen MR) is 138 cm³/mol. The molecular formula is C30H32F4N2O5. The lowest BCUT2D eigenvalue weighted by Crippen LogP contribution is -2.46. The number of benzene rings is 2. The Labute approximate surface area is 234 Å². The number of nitrogens with two attached hydrogens (primary N) is 1. The van der Waals surface area contributed by atoms with Crippen LogP contribution in [0.5, 0.6) is 0 Å². The molecule has 41 heavy (non-hydrogen) atoms. The first-order chi connectivity index (χ1) is 19.3. The molecule has 7 nitrogen and oxygen atoms in total. The Kier molecular flexibility index (Phi) is 6.42. The van der Waals surface area contributed by atoms with Crippen LogP contribution in [0.1, 0.15) is 67.4 Å². The fourth-order valence-electron chi connectivity index (χ4n) is 7.02. The van der Waals surface area contributed by atoms with Gasteiger partial charge in [0.15, 0.2) is 5.79 Å². The molecule has 0 bridgehead atoms. The number of hydrogen-bond acceptors (Lipinski definition) is 5. The normalized spacial score (nSPS) is 32.2. The monoisotopic (exact) mass is 576 g/mol. The average Bonchev–Trinajstić information content (AvgIpc) is 3.82. The van der Waals surface area contributed by atoms with Gasteiger partial charge >= 0.3 is 12.3 Å². The number of primary amides is 1. The van der Waals surface area contributed by atoms with E-state index in [4.69, 9.17) is 19.9 Å². The van der Waals surface area contributed by atoms with E-state index >= 15 is 0 Å². The fraction of sp³-hybridized carbons (Fsp3) is 0.533. The molecule has 3 aliphatic carbocycles. The van der Waals surface area contributed by atoms with E-state index in [1.807, 2.05) is 4.90 Å². The first-order valence-corrected chi connectivity index (χ1v) is 13.8. The number of ether oxygens (including phenoxy) is 3. The summed E-state index contributed by atoms with van der Waals surface area (Å²) in [5, 5.41) is 0. The topological polar surface area (TPSA) is 91.1 Å². The summed E-state index contributed by atoms with van der Waals surface area (Å²) in [6, 6.07) is 11.4. The van der Waals surface area contributed by atoms with Crippen LogP contribution in [0.4, 0.5) is 22.4 Å². The van der Waals surface area contributed by atoms with Gasteiger partial charge in [-0.1, -0.05) is 24.3 Å². The minimum Gasteiger partial charge on any atom is -0.445 e. The van der Waals surface area contributed by atoms with Crippen molar-refractivity contribution >= 4 is 12.0 Å². The number of alkyl halides is 3. The number of nitrogens with zero attached hydrogens (tertiary/aromatic N) is 1. The molecule has 4 aliphatic rings. The van der Waals surface area contributed by atoms with Crippen molar-refractivity contribution in [3.63, 3.8) is 0 Å². The minimum absolute atomic E-state index is 0.0358. The SMILES string of the molecule is CC1(C)OCC(c2ccc(C(=O)N(C3CC3)[C@H]3CC[C@]4(c5ccc(F)cc5)C(C3)C4OC(N)=O)cc2)(C(F)(F)F)O1. The van der Waals surface area contributed by atoms with E-state index in [9.17, 15) is 27.2 Å². The first kappa shape index (κ1) is 28.0. The maximum Gasteiger partial charge on any atom is 0.424 e. The van der Waals surface area contributed by atoms with Crippen LogP contribution in [0.25, 0.3) is 0 Å². The number of rotatable bonds is 6. The lowest BCUT2D eigenvalue weighted by molar-refractivity contribution is -0.289. The molecule has 220 valence electrons. The zero-order valence-electron chi connectivity index (χ0n) is 22.7. The van der Waals surface area contributed by atoms with Crippen molar-refractivity contribution in [3.05, 3.63) is 71.0 Å². The van der Waals surface area contributed by atoms with Gasteiger partial charge in [0.2, 0.25) is 5.60 Å². The van der Waals surface area contributed by atoms with E-state index in [0.717, 1.165) is 18.4 Å². The summed E-state index contributed by atoms with van der Waals surface area (Å²) in [5.74, 6) is -2.12. The third-order valence-corrected chi connectivity index (χ3v) is 9.14. The van der Waals surface area contributed by atoms with Crippen LogP contribution in [0.3, 0.4) is 0 Å². The summed E-state index contributed by atoms with van der Waals surface area (Å²) < 4.78 is 72.3. The van der Waals surface area contributed by atoms with Crippen LogP contribution < -0.4 is 5.73 Å². The third kappa shape index (κ3) is 4.67. The van der Waals surface area contributed by atoms with Crippen LogP contribution in [-0.4, -0.2) is 53.7 Å². The van der Waals surface area contributed by atoms with Gasteiger partial charge in [0.05, 0.1) is 6.61 Å². The van der Waals surface area contributed by atoms with Gasteiger partial charge in [-0.2, -0.15) is 13.2 Å². The van der Waals surface area contributed by atoms with Gasteiger partial charge in [0, 0.05) is 29.0 Å². The van der Waals surface area contributed by atoms with Crippen molar-refractivity contribution < 1.29 is 41.4 Å². The van der Waals surface area contributed by atoms with E-state index in [-0.39, 0.29) is 40.9 Å². The lowest BCUT2D eigenvalue weighted by Gasteiger charge is -2.37. The Morgan fingerprint density at radius 1 is 0.976 bits per heavy atom. The highest BCUT2D eigenvalue weighted by Gasteiger charge is 2.70. The van der Waals surface area contributed by atoms with E-state index in [1.54, 1.807) is 12.1 Å². The smallest absolute Gasteiger partial charge is 0.424 e. The Morgan fingerprint density at radius 2 is 1.61 bits per heavy atom. The van der Waals surface area contributed by atoms with E-state index < -0.39 is 41.8 Å². The van der Waals surface area contributed by atoms with Crippen LogP contribution in [0.15, 0.2) is 48.5 Å². The number of carbonyl (C=O) groups excluding carboxylic acids is 2. The number of halogens is 4. The van der Waals surface area contributed by atoms with Crippen LogP contribution in [0.2, 0.25) is 0 Å². The number of fused-ring (bicyclic) bond motifs is 1. The van der Waals surface area contributed by atoms with Crippen LogP contribution in [-0.2, 0) is 25.2 Å². The molecule has 2 amide bonds. The second-order valence-electron chi connectivity index (χ2n) is 12.1. The number of hydrogen-bond donors (Lipinski definition) is 1. The summed E-state index contributed by atoms with van der Waals surface area (Å²) in [4.78, 5) is 27.3. The highest BCUT2D eigenvalue weighted by molar-refractivity contribution is 5.95. The molecule has 3 unspecified atom stereocenters. The highest BCUT2D eigenvalue weighted by atomic mass is 19.4. The maximum absolute atomic E-state index is 14.2. The molecule has 3 saturated carbocycles. The van der Waals surface area contributed by atoms with Crippen molar-refractivity contribution in [2.24, 2.45) is 11.7 Å². The second-order valence-corrected chi connectivity index (χ2v) is 12.1. The summed E-state index contributed by atoms with van der Waals surface area (Å²) in [7, 11) is 0. The summed E-state index contributed by atoms with van der Waals surface area (Å²) in [5.41, 5.74) is 3.28. The van der Waals surface area contributed by atoms with E-state index in [0.29, 0.717) is 19.3 Å². The van der Waals surface area contributed by atoms with Crippen LogP contribution >= 0.6 is 0 Å². The molecule has 1 heterocycles. The Hall–Kier alpha value is -3.18. The average molecular weight is 577 g/mol. The fourth-order valence-corrected chi connectivity index (χ4v) is 7.02. The van der Waals surface area contributed by atoms with Gasteiger partial charge in [-0.15, -0.1) is 0 Å². The van der Waals surface area contributed by atoms with Crippen molar-refractivity contribution in [3.8, 4) is 0 Å². The maximum atomic E-state index is 14.2. The van der Waals surface area contributed by atoms with Crippen molar-refractivity contribution in [1.29, 1.82) is 0 Å². The lowest BCUT2D eigenvalue weighted by atomic mass is 9.80. The highest BCUT2D eigenvalue weighted by Crippen LogP contribution is 2.64.